The summed E-state index contributed by atoms with van der Waals surface area (Å²) in [5.74, 6) is 1.25. The predicted molar refractivity (Wildman–Crippen MR) is 142 cm³/mol. The van der Waals surface area contributed by atoms with Crippen LogP contribution in [0.2, 0.25) is 0 Å². The molecule has 1 aliphatic rings. The lowest BCUT2D eigenvalue weighted by atomic mass is 10.1. The normalized spacial score (nSPS) is 14.6. The Morgan fingerprint density at radius 1 is 1.15 bits per heavy atom. The van der Waals surface area contributed by atoms with Crippen LogP contribution in [0, 0.1) is 5.41 Å². The van der Waals surface area contributed by atoms with Gasteiger partial charge in [0.1, 0.15) is 23.8 Å². The van der Waals surface area contributed by atoms with Crippen molar-refractivity contribution in [3.63, 3.8) is 0 Å². The lowest BCUT2D eigenvalue weighted by Crippen LogP contribution is -2.39. The maximum Gasteiger partial charge on any atom is 0.410 e. The van der Waals surface area contributed by atoms with Gasteiger partial charge in [0.05, 0.1) is 17.6 Å². The molecule has 13 heteroatoms. The molecule has 3 aromatic heterocycles. The Kier molecular flexibility index (Phi) is 8.07. The predicted octanol–water partition coefficient (Wildman–Crippen LogP) is 5.09. The second-order valence-corrected chi connectivity index (χ2v) is 10.2. The average molecular weight is 545 g/mol. The van der Waals surface area contributed by atoms with E-state index in [-0.39, 0.29) is 6.09 Å². The zero-order valence-electron chi connectivity index (χ0n) is 22.0. The number of aromatic nitrogens is 4. The molecule has 1 saturated heterocycles. The first-order chi connectivity index (χ1) is 18.4. The molecule has 0 saturated carbocycles. The third kappa shape index (κ3) is 7.68. The van der Waals surface area contributed by atoms with Gasteiger partial charge in [-0.25, -0.2) is 9.78 Å². The Balaban J connectivity index is 1.49. The minimum Gasteiger partial charge on any atom is -0.444 e. The quantitative estimate of drug-likeness (QED) is 0.416. The standard InChI is InChI=1S/C26H31F3N8O2/c1-25(2,3)39-24(38)36-9-5-8-35(10-11-36)23-7-4-6-22(34-23)33-21-12-20(31-14-18(21)13-30)19-15-32-37(16-19)17-26(27,28)29/h4,6-7,12-16,30H,5,8-11,17H2,1-3H3,(H,31,33,34). The second-order valence-electron chi connectivity index (χ2n) is 10.2. The van der Waals surface area contributed by atoms with Gasteiger partial charge in [-0.15, -0.1) is 0 Å². The number of nitrogens with one attached hydrogen (secondary N) is 2. The number of carbonyl (C=O) groups is 1. The summed E-state index contributed by atoms with van der Waals surface area (Å²) < 4.78 is 44.5. The zero-order chi connectivity index (χ0) is 28.2. The van der Waals surface area contributed by atoms with Crippen molar-refractivity contribution < 1.29 is 22.7 Å². The van der Waals surface area contributed by atoms with E-state index in [1.165, 1.54) is 18.6 Å². The van der Waals surface area contributed by atoms with Crippen molar-refractivity contribution in [1.29, 1.82) is 5.41 Å². The molecule has 0 aliphatic carbocycles. The van der Waals surface area contributed by atoms with Crippen LogP contribution in [0.5, 0.6) is 0 Å². The number of hydrogen-bond donors (Lipinski definition) is 2. The highest BCUT2D eigenvalue weighted by atomic mass is 19.4. The molecule has 0 spiro atoms. The molecular weight excluding hydrogens is 513 g/mol. The monoisotopic (exact) mass is 544 g/mol. The summed E-state index contributed by atoms with van der Waals surface area (Å²) in [6.45, 7) is 6.72. The fraction of sp³-hybridized carbons (Fsp3) is 0.423. The highest BCUT2D eigenvalue weighted by molar-refractivity contribution is 5.88. The van der Waals surface area contributed by atoms with Gasteiger partial charge in [0.2, 0.25) is 0 Å². The summed E-state index contributed by atoms with van der Waals surface area (Å²) in [4.78, 5) is 25.3. The molecule has 0 atom stereocenters. The molecule has 4 rings (SSSR count). The first-order valence-corrected chi connectivity index (χ1v) is 12.5. The number of amides is 1. The molecular formula is C26H31F3N8O2. The van der Waals surface area contributed by atoms with Gasteiger partial charge in [0.15, 0.2) is 0 Å². The van der Waals surface area contributed by atoms with Crippen LogP contribution in [0.4, 0.5) is 35.3 Å². The number of halogens is 3. The molecule has 1 amide bonds. The molecule has 2 N–H and O–H groups in total. The van der Waals surface area contributed by atoms with Gasteiger partial charge < -0.3 is 25.3 Å². The van der Waals surface area contributed by atoms with Crippen molar-refractivity contribution in [3.8, 4) is 11.3 Å². The van der Waals surface area contributed by atoms with E-state index >= 15 is 0 Å². The van der Waals surface area contributed by atoms with Gasteiger partial charge in [-0.2, -0.15) is 18.3 Å². The highest BCUT2D eigenvalue weighted by Crippen LogP contribution is 2.27. The summed E-state index contributed by atoms with van der Waals surface area (Å²) in [6, 6.07) is 7.17. The van der Waals surface area contributed by atoms with Crippen LogP contribution in [0.25, 0.3) is 11.3 Å². The Labute approximate surface area is 224 Å². The molecule has 1 aliphatic heterocycles. The van der Waals surface area contributed by atoms with Gasteiger partial charge in [0.25, 0.3) is 0 Å². The van der Waals surface area contributed by atoms with Crippen LogP contribution >= 0.6 is 0 Å². The van der Waals surface area contributed by atoms with Crippen LogP contribution in [0.15, 0.2) is 42.9 Å². The molecule has 0 radical (unpaired) electrons. The number of pyridine rings is 2. The average Bonchev–Trinajstić information content (AvgIpc) is 3.15. The fourth-order valence-electron chi connectivity index (χ4n) is 4.08. The Hall–Kier alpha value is -4.16. The summed E-state index contributed by atoms with van der Waals surface area (Å²) >= 11 is 0. The molecule has 10 nitrogen and oxygen atoms in total. The Morgan fingerprint density at radius 2 is 1.95 bits per heavy atom. The van der Waals surface area contributed by atoms with Crippen LogP contribution < -0.4 is 10.2 Å². The highest BCUT2D eigenvalue weighted by Gasteiger charge is 2.28. The van der Waals surface area contributed by atoms with Crippen molar-refractivity contribution in [3.05, 3.63) is 48.4 Å². The van der Waals surface area contributed by atoms with E-state index < -0.39 is 18.3 Å². The Morgan fingerprint density at radius 3 is 2.67 bits per heavy atom. The number of anilines is 3. The summed E-state index contributed by atoms with van der Waals surface area (Å²) in [7, 11) is 0. The van der Waals surface area contributed by atoms with Gasteiger partial charge in [-0.3, -0.25) is 9.67 Å². The first-order valence-electron chi connectivity index (χ1n) is 12.5. The third-order valence-electron chi connectivity index (χ3n) is 5.83. The summed E-state index contributed by atoms with van der Waals surface area (Å²) in [5, 5.41) is 14.7. The van der Waals surface area contributed by atoms with E-state index in [1.807, 2.05) is 32.9 Å². The number of nitrogens with zero attached hydrogens (tertiary/aromatic N) is 6. The van der Waals surface area contributed by atoms with Crippen molar-refractivity contribution in [2.24, 2.45) is 0 Å². The molecule has 0 bridgehead atoms. The lowest BCUT2D eigenvalue weighted by Gasteiger charge is -2.26. The minimum absolute atomic E-state index is 0.329. The van der Waals surface area contributed by atoms with Crippen molar-refractivity contribution >= 4 is 29.6 Å². The van der Waals surface area contributed by atoms with Crippen LogP contribution in [0.1, 0.15) is 32.8 Å². The SMILES string of the molecule is CC(C)(C)OC(=O)N1CCCN(c2cccc(Nc3cc(-c4cnn(CC(F)(F)F)c4)ncc3C=N)n2)CC1. The van der Waals surface area contributed by atoms with E-state index in [0.29, 0.717) is 54.5 Å². The topological polar surface area (TPSA) is 112 Å². The molecule has 3 aromatic rings. The van der Waals surface area contributed by atoms with Crippen molar-refractivity contribution in [2.45, 2.75) is 45.5 Å². The lowest BCUT2D eigenvalue weighted by molar-refractivity contribution is -0.142. The smallest absolute Gasteiger partial charge is 0.410 e. The first kappa shape index (κ1) is 27.9. The van der Waals surface area contributed by atoms with E-state index in [0.717, 1.165) is 23.1 Å². The summed E-state index contributed by atoms with van der Waals surface area (Å²) in [6.07, 6.45) is 1.25. The van der Waals surface area contributed by atoms with Gasteiger partial charge in [0, 0.05) is 55.9 Å². The largest absolute Gasteiger partial charge is 0.444 e. The number of alkyl halides is 3. The van der Waals surface area contributed by atoms with Gasteiger partial charge in [-0.05, 0) is 45.4 Å². The van der Waals surface area contributed by atoms with E-state index in [9.17, 15) is 18.0 Å². The third-order valence-corrected chi connectivity index (χ3v) is 5.83. The van der Waals surface area contributed by atoms with Gasteiger partial charge >= 0.3 is 12.3 Å². The molecule has 1 fully saturated rings. The summed E-state index contributed by atoms with van der Waals surface area (Å²) in [5.41, 5.74) is 1.27. The maximum atomic E-state index is 12.7. The molecule has 4 heterocycles. The Bertz CT molecular complexity index is 1320. The van der Waals surface area contributed by atoms with Crippen LogP contribution in [-0.2, 0) is 11.3 Å². The van der Waals surface area contributed by atoms with Crippen molar-refractivity contribution in [1.82, 2.24) is 24.6 Å². The molecule has 39 heavy (non-hydrogen) atoms. The number of hydrogen-bond acceptors (Lipinski definition) is 8. The van der Waals surface area contributed by atoms with Crippen LogP contribution in [-0.4, -0.2) is 74.9 Å². The zero-order valence-corrected chi connectivity index (χ0v) is 22.0. The van der Waals surface area contributed by atoms with E-state index in [2.05, 4.69) is 20.3 Å². The van der Waals surface area contributed by atoms with Gasteiger partial charge in [-0.1, -0.05) is 6.07 Å². The molecule has 0 unspecified atom stereocenters. The fourth-order valence-corrected chi connectivity index (χ4v) is 4.08. The number of ether oxygens (including phenoxy) is 1. The number of carbonyl (C=O) groups excluding carboxylic acids is 1. The van der Waals surface area contributed by atoms with Crippen molar-refractivity contribution in [2.75, 3.05) is 36.4 Å². The van der Waals surface area contributed by atoms with E-state index in [1.54, 1.807) is 17.0 Å². The minimum atomic E-state index is -4.38. The molecule has 208 valence electrons. The van der Waals surface area contributed by atoms with Crippen LogP contribution in [0.3, 0.4) is 0 Å². The van der Waals surface area contributed by atoms with E-state index in [4.69, 9.17) is 15.1 Å². The molecule has 0 aromatic carbocycles. The maximum absolute atomic E-state index is 12.7. The number of rotatable bonds is 6. The second kappa shape index (κ2) is 11.3.